The number of pyridine rings is 1. The van der Waals surface area contributed by atoms with E-state index < -0.39 is 0 Å². The summed E-state index contributed by atoms with van der Waals surface area (Å²) in [4.78, 5) is 29.5. The van der Waals surface area contributed by atoms with Gasteiger partial charge in [-0.05, 0) is 56.9 Å². The summed E-state index contributed by atoms with van der Waals surface area (Å²) in [6, 6.07) is 7.44. The van der Waals surface area contributed by atoms with Crippen molar-refractivity contribution in [2.75, 3.05) is 5.32 Å². The molecule has 3 aromatic heterocycles. The van der Waals surface area contributed by atoms with Crippen molar-refractivity contribution in [3.63, 3.8) is 0 Å². The molecule has 0 fully saturated rings. The average molecular weight is 471 g/mol. The van der Waals surface area contributed by atoms with Gasteiger partial charge in [0.05, 0.1) is 18.4 Å². The van der Waals surface area contributed by atoms with Crippen LogP contribution in [0.25, 0.3) is 11.0 Å². The van der Waals surface area contributed by atoms with Crippen LogP contribution in [0, 0.1) is 20.8 Å². The molecule has 4 aromatic rings. The van der Waals surface area contributed by atoms with Crippen molar-refractivity contribution >= 4 is 34.2 Å². The van der Waals surface area contributed by atoms with Crippen LogP contribution in [0.4, 0.5) is 5.69 Å². The van der Waals surface area contributed by atoms with Gasteiger partial charge in [-0.2, -0.15) is 5.10 Å². The van der Waals surface area contributed by atoms with Crippen LogP contribution in [0.2, 0.25) is 0 Å². The molecule has 0 saturated heterocycles. The van der Waals surface area contributed by atoms with Gasteiger partial charge in [-0.25, -0.2) is 5.43 Å². The Bertz CT molecular complexity index is 1460. The number of nitrogens with one attached hydrogen (secondary N) is 2. The first kappa shape index (κ1) is 22.6. The Kier molecular flexibility index (Phi) is 5.94. The summed E-state index contributed by atoms with van der Waals surface area (Å²) in [6.07, 6.45) is 7.23. The third kappa shape index (κ3) is 4.35. The lowest BCUT2D eigenvalue weighted by Gasteiger charge is -2.13. The summed E-state index contributed by atoms with van der Waals surface area (Å²) < 4.78 is 11.6. The fraction of sp³-hybridized carbons (Fsp3) is 0.259. The number of rotatable bonds is 5. The Morgan fingerprint density at radius 1 is 1.06 bits per heavy atom. The molecule has 2 amide bonds. The van der Waals surface area contributed by atoms with Crippen LogP contribution in [0.3, 0.4) is 0 Å². The topological polar surface area (TPSA) is 110 Å². The maximum atomic E-state index is 12.8. The number of nitrogens with zero attached hydrogens (tertiary/aromatic N) is 2. The highest BCUT2D eigenvalue weighted by Gasteiger charge is 2.28. The molecule has 0 unspecified atom stereocenters. The lowest BCUT2D eigenvalue weighted by molar-refractivity contribution is -0.120. The van der Waals surface area contributed by atoms with Crippen LogP contribution >= 0.6 is 0 Å². The normalized spacial score (nSPS) is 14.2. The first-order valence-corrected chi connectivity index (χ1v) is 11.6. The smallest absolute Gasteiger partial charge is 0.291 e. The molecule has 35 heavy (non-hydrogen) atoms. The molecule has 0 aliphatic heterocycles. The van der Waals surface area contributed by atoms with Gasteiger partial charge in [-0.1, -0.05) is 12.1 Å². The number of hydrogen-bond acceptors (Lipinski definition) is 6. The largest absolute Gasteiger partial charge is 0.464 e. The molecule has 3 heterocycles. The molecule has 5 rings (SSSR count). The number of hydrazone groups is 1. The molecule has 0 bridgehead atoms. The lowest BCUT2D eigenvalue weighted by atomic mass is 9.93. The van der Waals surface area contributed by atoms with Gasteiger partial charge in [0, 0.05) is 46.6 Å². The minimum absolute atomic E-state index is 0.156. The van der Waals surface area contributed by atoms with E-state index in [2.05, 4.69) is 20.8 Å². The zero-order valence-corrected chi connectivity index (χ0v) is 19.9. The number of hydrogen-bond donors (Lipinski definition) is 2. The number of anilines is 1. The van der Waals surface area contributed by atoms with E-state index in [0.717, 1.165) is 39.6 Å². The van der Waals surface area contributed by atoms with Gasteiger partial charge in [0.25, 0.3) is 5.91 Å². The summed E-state index contributed by atoms with van der Waals surface area (Å²) in [5, 5.41) is 8.19. The van der Waals surface area contributed by atoms with Crippen molar-refractivity contribution in [3.05, 3.63) is 82.3 Å². The summed E-state index contributed by atoms with van der Waals surface area (Å²) in [7, 11) is 0. The number of aromatic nitrogens is 1. The van der Waals surface area contributed by atoms with E-state index in [1.165, 1.54) is 0 Å². The standard InChI is InChI=1S/C27H26N4O4/c1-15-7-8-20-18(14-34-25(20)16(15)2)13-23(32)31-30-21-5-4-6-22-24(21)17(3)26(35-22)27(33)29-19-9-11-28-12-10-19/h7-12,14H,4-6,13H2,1-3H3,(H,31,32)(H,28,29,33)/b30-21+. The third-order valence-electron chi connectivity index (χ3n) is 6.48. The molecule has 8 nitrogen and oxygen atoms in total. The van der Waals surface area contributed by atoms with Gasteiger partial charge in [-0.15, -0.1) is 0 Å². The summed E-state index contributed by atoms with van der Waals surface area (Å²) >= 11 is 0. The molecule has 178 valence electrons. The van der Waals surface area contributed by atoms with Gasteiger partial charge in [0.2, 0.25) is 5.91 Å². The first-order chi connectivity index (χ1) is 16.9. The van der Waals surface area contributed by atoms with Crippen LogP contribution < -0.4 is 10.7 Å². The van der Waals surface area contributed by atoms with E-state index in [4.69, 9.17) is 8.83 Å². The second-order valence-electron chi connectivity index (χ2n) is 8.81. The van der Waals surface area contributed by atoms with Crippen molar-refractivity contribution in [2.45, 2.75) is 46.5 Å². The molecule has 1 aliphatic carbocycles. The van der Waals surface area contributed by atoms with Gasteiger partial charge >= 0.3 is 0 Å². The highest BCUT2D eigenvalue weighted by atomic mass is 16.4. The number of fused-ring (bicyclic) bond motifs is 2. The van der Waals surface area contributed by atoms with Crippen molar-refractivity contribution in [2.24, 2.45) is 5.10 Å². The van der Waals surface area contributed by atoms with Crippen molar-refractivity contribution in [3.8, 4) is 0 Å². The Hall–Kier alpha value is -4.20. The quantitative estimate of drug-likeness (QED) is 0.399. The predicted octanol–water partition coefficient (Wildman–Crippen LogP) is 5.00. The highest BCUT2D eigenvalue weighted by Crippen LogP contribution is 2.30. The molecule has 0 spiro atoms. The van der Waals surface area contributed by atoms with Crippen LogP contribution in [-0.2, 0) is 17.6 Å². The Morgan fingerprint density at radius 3 is 2.66 bits per heavy atom. The van der Waals surface area contributed by atoms with Crippen LogP contribution in [0.1, 0.15) is 57.0 Å². The molecular weight excluding hydrogens is 444 g/mol. The number of benzene rings is 1. The lowest BCUT2D eigenvalue weighted by Crippen LogP contribution is -2.23. The zero-order valence-electron chi connectivity index (χ0n) is 19.9. The Labute approximate surface area is 202 Å². The summed E-state index contributed by atoms with van der Waals surface area (Å²) in [6.45, 7) is 5.88. The molecule has 0 saturated carbocycles. The first-order valence-electron chi connectivity index (χ1n) is 11.6. The molecular formula is C27H26N4O4. The number of carbonyl (C=O) groups excluding carboxylic acids is 2. The van der Waals surface area contributed by atoms with E-state index >= 15 is 0 Å². The fourth-order valence-corrected chi connectivity index (χ4v) is 4.49. The van der Waals surface area contributed by atoms with E-state index in [1.54, 1.807) is 30.8 Å². The monoisotopic (exact) mass is 470 g/mol. The SMILES string of the molecule is Cc1ccc2c(CC(=O)N/N=C3\CCCc4oc(C(=O)Nc5ccncc5)c(C)c43)coc2c1C. The van der Waals surface area contributed by atoms with Gasteiger partial charge < -0.3 is 14.2 Å². The number of aryl methyl sites for hydroxylation is 3. The highest BCUT2D eigenvalue weighted by molar-refractivity contribution is 6.09. The Morgan fingerprint density at radius 2 is 1.86 bits per heavy atom. The second kappa shape index (κ2) is 9.21. The van der Waals surface area contributed by atoms with Gasteiger partial charge in [-0.3, -0.25) is 14.6 Å². The predicted molar refractivity (Wildman–Crippen MR) is 133 cm³/mol. The minimum atomic E-state index is -0.330. The third-order valence-corrected chi connectivity index (χ3v) is 6.48. The van der Waals surface area contributed by atoms with Crippen molar-refractivity contribution in [1.29, 1.82) is 0 Å². The van der Waals surface area contributed by atoms with E-state index in [-0.39, 0.29) is 24.0 Å². The number of carbonyl (C=O) groups is 2. The van der Waals surface area contributed by atoms with E-state index in [9.17, 15) is 9.59 Å². The fourth-order valence-electron chi connectivity index (χ4n) is 4.49. The van der Waals surface area contributed by atoms with Crippen LogP contribution in [-0.4, -0.2) is 22.5 Å². The Balaban J connectivity index is 1.33. The summed E-state index contributed by atoms with van der Waals surface area (Å²) in [5.74, 6) is 0.405. The van der Waals surface area contributed by atoms with Crippen molar-refractivity contribution < 1.29 is 18.4 Å². The molecule has 2 N–H and O–H groups in total. The zero-order chi connectivity index (χ0) is 24.5. The molecule has 8 heteroatoms. The molecule has 0 atom stereocenters. The van der Waals surface area contributed by atoms with E-state index in [1.807, 2.05) is 32.9 Å². The maximum absolute atomic E-state index is 12.8. The summed E-state index contributed by atoms with van der Waals surface area (Å²) in [5.41, 5.74) is 9.40. The van der Waals surface area contributed by atoms with Crippen LogP contribution in [0.15, 0.2) is 56.9 Å². The second-order valence-corrected chi connectivity index (χ2v) is 8.81. The molecule has 1 aromatic carbocycles. The molecule has 1 aliphatic rings. The van der Waals surface area contributed by atoms with Crippen LogP contribution in [0.5, 0.6) is 0 Å². The minimum Gasteiger partial charge on any atom is -0.464 e. The maximum Gasteiger partial charge on any atom is 0.291 e. The van der Waals surface area contributed by atoms with Gasteiger partial charge in [0.15, 0.2) is 5.76 Å². The van der Waals surface area contributed by atoms with Gasteiger partial charge in [0.1, 0.15) is 11.3 Å². The van der Waals surface area contributed by atoms with Crippen molar-refractivity contribution in [1.82, 2.24) is 10.4 Å². The van der Waals surface area contributed by atoms with E-state index in [0.29, 0.717) is 35.6 Å². The average Bonchev–Trinajstić information content (AvgIpc) is 3.42. The number of furan rings is 2. The number of amides is 2. The molecule has 0 radical (unpaired) electrons.